The van der Waals surface area contributed by atoms with Gasteiger partial charge >= 0.3 is 12.3 Å². The van der Waals surface area contributed by atoms with Crippen molar-refractivity contribution in [2.24, 2.45) is 5.41 Å². The number of carbonyl (C=O) groups is 1. The van der Waals surface area contributed by atoms with Crippen LogP contribution in [0.4, 0.5) is 24.7 Å². The molecule has 0 bridgehead atoms. The molecule has 2 aromatic carbocycles. The maximum atomic E-state index is 13.2. The molecule has 1 N–H and O–H groups in total. The Morgan fingerprint density at radius 1 is 0.947 bits per heavy atom. The molecule has 9 nitrogen and oxygen atoms in total. The molecule has 0 aliphatic heterocycles. The standard InChI is InChI=1S/C26H23F3N4O5/c1-25(2,24(36)37-3)15-32-14-6-9-20(23(32)35)30-21-18-7-4-5-8-19(18)22(34)33(31-21)16-10-12-17(13-11-16)38-26(27,28)29/h4-14H,15H2,1-3H3,(H,30,31). The van der Waals surface area contributed by atoms with Crippen LogP contribution in [-0.2, 0) is 16.1 Å². The second-order valence-electron chi connectivity index (χ2n) is 9.01. The minimum absolute atomic E-state index is 0.0496. The molecule has 198 valence electrons. The van der Waals surface area contributed by atoms with Crippen molar-refractivity contribution in [1.82, 2.24) is 14.3 Å². The number of benzene rings is 2. The fourth-order valence-electron chi connectivity index (χ4n) is 3.90. The number of halogens is 3. The minimum Gasteiger partial charge on any atom is -0.469 e. The summed E-state index contributed by atoms with van der Waals surface area (Å²) in [6, 6.07) is 14.4. The number of anilines is 2. The molecule has 0 aliphatic rings. The molecule has 2 aromatic heterocycles. The maximum Gasteiger partial charge on any atom is 0.573 e. The second kappa shape index (κ2) is 10.0. The summed E-state index contributed by atoms with van der Waals surface area (Å²) in [4.78, 5) is 38.5. The zero-order valence-electron chi connectivity index (χ0n) is 20.6. The first-order valence-corrected chi connectivity index (χ1v) is 11.3. The molecule has 0 radical (unpaired) electrons. The van der Waals surface area contributed by atoms with E-state index >= 15 is 0 Å². The van der Waals surface area contributed by atoms with Crippen LogP contribution in [0.25, 0.3) is 16.5 Å². The fraction of sp³-hybridized carbons (Fsp3) is 0.231. The molecule has 0 saturated heterocycles. The number of hydrogen-bond donors (Lipinski definition) is 1. The highest BCUT2D eigenvalue weighted by molar-refractivity contribution is 5.92. The quantitative estimate of drug-likeness (QED) is 0.355. The summed E-state index contributed by atoms with van der Waals surface area (Å²) in [7, 11) is 1.27. The lowest BCUT2D eigenvalue weighted by Gasteiger charge is -2.22. The number of nitrogens with zero attached hydrogens (tertiary/aromatic N) is 3. The Kier molecular flexibility index (Phi) is 6.99. The van der Waals surface area contributed by atoms with E-state index in [9.17, 15) is 27.6 Å². The molecule has 4 aromatic rings. The number of nitrogens with one attached hydrogen (secondary N) is 1. The zero-order chi connectivity index (χ0) is 27.7. The summed E-state index contributed by atoms with van der Waals surface area (Å²) in [6.45, 7) is 3.36. The van der Waals surface area contributed by atoms with Crippen molar-refractivity contribution in [3.8, 4) is 11.4 Å². The van der Waals surface area contributed by atoms with Crippen molar-refractivity contribution in [1.29, 1.82) is 0 Å². The van der Waals surface area contributed by atoms with Gasteiger partial charge in [0.25, 0.3) is 11.1 Å². The first kappa shape index (κ1) is 26.5. The molecule has 0 atom stereocenters. The molecule has 38 heavy (non-hydrogen) atoms. The Hall–Kier alpha value is -4.61. The van der Waals surface area contributed by atoms with E-state index < -0.39 is 34.6 Å². The number of rotatable bonds is 7. The van der Waals surface area contributed by atoms with E-state index in [2.05, 4.69) is 15.2 Å². The van der Waals surface area contributed by atoms with E-state index in [0.717, 1.165) is 16.8 Å². The molecule has 0 saturated carbocycles. The number of methoxy groups -OCH3 is 1. The monoisotopic (exact) mass is 528 g/mol. The van der Waals surface area contributed by atoms with Crippen LogP contribution in [0.1, 0.15) is 13.8 Å². The molecule has 0 fully saturated rings. The summed E-state index contributed by atoms with van der Waals surface area (Å²) < 4.78 is 48.7. The van der Waals surface area contributed by atoms with Crippen molar-refractivity contribution >= 4 is 28.2 Å². The summed E-state index contributed by atoms with van der Waals surface area (Å²) in [5, 5.41) is 8.03. The first-order valence-electron chi connectivity index (χ1n) is 11.3. The summed E-state index contributed by atoms with van der Waals surface area (Å²) in [5.74, 6) is -0.764. The Morgan fingerprint density at radius 3 is 2.24 bits per heavy atom. The maximum absolute atomic E-state index is 13.2. The number of aromatic nitrogens is 3. The van der Waals surface area contributed by atoms with E-state index in [0.29, 0.717) is 5.39 Å². The zero-order valence-corrected chi connectivity index (χ0v) is 20.6. The van der Waals surface area contributed by atoms with Crippen LogP contribution in [0, 0.1) is 5.41 Å². The van der Waals surface area contributed by atoms with Crippen molar-refractivity contribution in [3.63, 3.8) is 0 Å². The van der Waals surface area contributed by atoms with Crippen molar-refractivity contribution in [3.05, 3.63) is 87.6 Å². The Labute approximate surface area is 214 Å². The van der Waals surface area contributed by atoms with Gasteiger partial charge in [-0.05, 0) is 56.3 Å². The van der Waals surface area contributed by atoms with E-state index in [1.54, 1.807) is 44.2 Å². The van der Waals surface area contributed by atoms with E-state index in [4.69, 9.17) is 4.74 Å². The van der Waals surface area contributed by atoms with Crippen molar-refractivity contribution in [2.75, 3.05) is 12.4 Å². The number of pyridine rings is 1. The van der Waals surface area contributed by atoms with Gasteiger partial charge in [-0.15, -0.1) is 18.3 Å². The third-order valence-electron chi connectivity index (χ3n) is 5.70. The minimum atomic E-state index is -4.86. The fourth-order valence-corrected chi connectivity index (χ4v) is 3.90. The molecular weight excluding hydrogens is 505 g/mol. The lowest BCUT2D eigenvalue weighted by Crippen LogP contribution is -2.35. The molecule has 4 rings (SSSR count). The highest BCUT2D eigenvalue weighted by Gasteiger charge is 2.31. The van der Waals surface area contributed by atoms with Gasteiger partial charge in [-0.3, -0.25) is 14.4 Å². The Bertz CT molecular complexity index is 1610. The number of alkyl halides is 3. The molecule has 12 heteroatoms. The molecule has 0 amide bonds. The molecule has 0 unspecified atom stereocenters. The van der Waals surface area contributed by atoms with Crippen LogP contribution < -0.4 is 21.2 Å². The summed E-state index contributed by atoms with van der Waals surface area (Å²) in [5.41, 5.74) is -1.62. The number of esters is 1. The van der Waals surface area contributed by atoms with Crippen molar-refractivity contribution < 1.29 is 27.4 Å². The van der Waals surface area contributed by atoms with Crippen molar-refractivity contribution in [2.45, 2.75) is 26.8 Å². The van der Waals surface area contributed by atoms with Gasteiger partial charge in [-0.25, -0.2) is 0 Å². The normalized spacial score (nSPS) is 11.8. The Morgan fingerprint density at radius 2 is 1.61 bits per heavy atom. The van der Waals surface area contributed by atoms with E-state index in [1.807, 2.05) is 0 Å². The average molecular weight is 528 g/mol. The van der Waals surface area contributed by atoms with Gasteiger partial charge in [-0.2, -0.15) is 4.68 Å². The van der Waals surface area contributed by atoms with Gasteiger partial charge < -0.3 is 19.4 Å². The van der Waals surface area contributed by atoms with Crippen LogP contribution in [0.15, 0.2) is 76.4 Å². The van der Waals surface area contributed by atoms with Gasteiger partial charge in [-0.1, -0.05) is 18.2 Å². The largest absolute Gasteiger partial charge is 0.573 e. The molecular formula is C26H23F3N4O5. The Balaban J connectivity index is 1.76. The SMILES string of the molecule is COC(=O)C(C)(C)Cn1cccc(Nc2nn(-c3ccc(OC(F)(F)F)cc3)c(=O)c3ccccc23)c1=O. The molecule has 0 spiro atoms. The lowest BCUT2D eigenvalue weighted by atomic mass is 9.93. The molecule has 0 aliphatic carbocycles. The number of fused-ring (bicyclic) bond motifs is 1. The smallest absolute Gasteiger partial charge is 0.469 e. The van der Waals surface area contributed by atoms with Gasteiger partial charge in [0.15, 0.2) is 5.82 Å². The topological polar surface area (TPSA) is 104 Å². The van der Waals surface area contributed by atoms with Gasteiger partial charge in [0.05, 0.1) is 23.6 Å². The van der Waals surface area contributed by atoms with E-state index in [-0.39, 0.29) is 29.1 Å². The third-order valence-corrected chi connectivity index (χ3v) is 5.70. The summed E-state index contributed by atoms with van der Waals surface area (Å²) in [6.07, 6.45) is -3.32. The number of ether oxygens (including phenoxy) is 2. The second-order valence-corrected chi connectivity index (χ2v) is 9.01. The lowest BCUT2D eigenvalue weighted by molar-refractivity contribution is -0.274. The predicted octanol–water partition coefficient (Wildman–Crippen LogP) is 4.39. The van der Waals surface area contributed by atoms with Gasteiger partial charge in [0.2, 0.25) is 0 Å². The van der Waals surface area contributed by atoms with Crippen LogP contribution in [0.5, 0.6) is 5.75 Å². The van der Waals surface area contributed by atoms with Gasteiger partial charge in [0, 0.05) is 18.1 Å². The number of hydrogen-bond acceptors (Lipinski definition) is 7. The van der Waals surface area contributed by atoms with Crippen LogP contribution >= 0.6 is 0 Å². The third kappa shape index (κ3) is 5.53. The van der Waals surface area contributed by atoms with Crippen LogP contribution in [0.3, 0.4) is 0 Å². The highest BCUT2D eigenvalue weighted by atomic mass is 19.4. The number of carbonyl (C=O) groups excluding carboxylic acids is 1. The van der Waals surface area contributed by atoms with Gasteiger partial charge in [0.1, 0.15) is 11.4 Å². The summed E-state index contributed by atoms with van der Waals surface area (Å²) >= 11 is 0. The first-order chi connectivity index (χ1) is 17.9. The molecule has 2 heterocycles. The van der Waals surface area contributed by atoms with Crippen LogP contribution in [-0.4, -0.2) is 33.8 Å². The average Bonchev–Trinajstić information content (AvgIpc) is 2.87. The predicted molar refractivity (Wildman–Crippen MR) is 134 cm³/mol. The highest BCUT2D eigenvalue weighted by Crippen LogP contribution is 2.25. The van der Waals surface area contributed by atoms with E-state index in [1.165, 1.54) is 36.1 Å². The van der Waals surface area contributed by atoms with Crippen LogP contribution in [0.2, 0.25) is 0 Å².